The lowest BCUT2D eigenvalue weighted by Gasteiger charge is -2.09. The van der Waals surface area contributed by atoms with E-state index in [1.807, 2.05) is 6.07 Å². The molecule has 0 unspecified atom stereocenters. The molecule has 0 fully saturated rings. The second kappa shape index (κ2) is 13.8. The smallest absolute Gasteiger partial charge is 0.232 e. The molecule has 1 aliphatic rings. The number of ketones is 1. The third-order valence-corrected chi connectivity index (χ3v) is 7.44. The Morgan fingerprint density at radius 3 is 1.87 bits per heavy atom. The van der Waals surface area contributed by atoms with Gasteiger partial charge in [-0.05, 0) is 30.5 Å². The second-order valence-electron chi connectivity index (χ2n) is 8.81. The van der Waals surface area contributed by atoms with Gasteiger partial charge in [0.05, 0.1) is 5.75 Å². The zero-order chi connectivity index (χ0) is 21.7. The van der Waals surface area contributed by atoms with Crippen LogP contribution in [0.5, 0.6) is 0 Å². The minimum Gasteiger partial charge on any atom is -0.294 e. The van der Waals surface area contributed by atoms with Crippen LogP contribution in [0.15, 0.2) is 18.2 Å². The van der Waals surface area contributed by atoms with E-state index >= 15 is 0 Å². The summed E-state index contributed by atoms with van der Waals surface area (Å²) in [5.41, 5.74) is 2.20. The predicted octanol–water partition coefficient (Wildman–Crippen LogP) is 7.04. The average molecular weight is 436 g/mol. The molecule has 0 spiro atoms. The van der Waals surface area contributed by atoms with Crippen molar-refractivity contribution < 1.29 is 13.2 Å². The number of unbranched alkanes of at least 4 members (excludes halogenated alkanes) is 13. The predicted molar refractivity (Wildman–Crippen MR) is 127 cm³/mol. The molecule has 0 saturated carbocycles. The van der Waals surface area contributed by atoms with Gasteiger partial charge in [0.15, 0.2) is 5.78 Å². The molecule has 0 aliphatic heterocycles. The van der Waals surface area contributed by atoms with Crippen molar-refractivity contribution in [2.24, 2.45) is 0 Å². The zero-order valence-electron chi connectivity index (χ0n) is 18.9. The van der Waals surface area contributed by atoms with E-state index < -0.39 is 10.0 Å². The molecule has 0 saturated heterocycles. The van der Waals surface area contributed by atoms with Crippen LogP contribution in [0.1, 0.15) is 119 Å². The summed E-state index contributed by atoms with van der Waals surface area (Å²) in [7, 11) is -3.35. The number of Topliss-reactive ketones (excluding diaryl/α,β-unsaturated/α-hetero) is 1. The van der Waals surface area contributed by atoms with Gasteiger partial charge in [0, 0.05) is 17.7 Å². The van der Waals surface area contributed by atoms with Crippen LogP contribution < -0.4 is 4.72 Å². The Labute approximate surface area is 184 Å². The van der Waals surface area contributed by atoms with Crippen molar-refractivity contribution in [3.8, 4) is 0 Å². The number of fused-ring (bicyclic) bond motifs is 1. The second-order valence-corrected chi connectivity index (χ2v) is 10.7. The first-order chi connectivity index (χ1) is 14.5. The summed E-state index contributed by atoms with van der Waals surface area (Å²) in [6.45, 7) is 2.26. The first-order valence-corrected chi connectivity index (χ1v) is 13.8. The number of rotatable bonds is 17. The Morgan fingerprint density at radius 1 is 0.767 bits per heavy atom. The van der Waals surface area contributed by atoms with Gasteiger partial charge in [-0.3, -0.25) is 9.52 Å². The summed E-state index contributed by atoms with van der Waals surface area (Å²) in [6, 6.07) is 5.32. The summed E-state index contributed by atoms with van der Waals surface area (Å²) in [4.78, 5) is 11.8. The first-order valence-electron chi connectivity index (χ1n) is 12.2. The van der Waals surface area contributed by atoms with E-state index in [2.05, 4.69) is 11.6 Å². The molecule has 1 aliphatic carbocycles. The molecule has 0 aromatic heterocycles. The number of nitrogens with one attached hydrogen (secondary N) is 1. The molecule has 170 valence electrons. The van der Waals surface area contributed by atoms with Crippen molar-refractivity contribution in [2.75, 3.05) is 10.5 Å². The Balaban J connectivity index is 1.48. The van der Waals surface area contributed by atoms with Crippen LogP contribution in [0.4, 0.5) is 5.69 Å². The molecule has 1 aromatic rings. The molecule has 30 heavy (non-hydrogen) atoms. The van der Waals surface area contributed by atoms with Crippen LogP contribution >= 0.6 is 0 Å². The molecule has 5 heteroatoms. The lowest BCUT2D eigenvalue weighted by atomic mass is 10.0. The number of carbonyl (C=O) groups excluding carboxylic acids is 1. The van der Waals surface area contributed by atoms with Crippen LogP contribution in [-0.4, -0.2) is 20.0 Å². The fraction of sp³-hybridized carbons (Fsp3) is 0.720. The quantitative estimate of drug-likeness (QED) is 0.267. The van der Waals surface area contributed by atoms with Crippen LogP contribution in [0, 0.1) is 0 Å². The van der Waals surface area contributed by atoms with Crippen molar-refractivity contribution in [1.29, 1.82) is 0 Å². The molecule has 0 bridgehead atoms. The van der Waals surface area contributed by atoms with E-state index in [4.69, 9.17) is 0 Å². The number of anilines is 1. The number of benzene rings is 1. The van der Waals surface area contributed by atoms with Crippen molar-refractivity contribution in [2.45, 2.75) is 110 Å². The molecule has 1 N–H and O–H groups in total. The first kappa shape index (κ1) is 24.9. The molecule has 0 radical (unpaired) electrons. The molecule has 1 aromatic carbocycles. The molecule has 0 atom stereocenters. The Bertz CT molecular complexity index is 743. The summed E-state index contributed by atoms with van der Waals surface area (Å²) < 4.78 is 27.2. The van der Waals surface area contributed by atoms with E-state index in [-0.39, 0.29) is 11.5 Å². The fourth-order valence-corrected chi connectivity index (χ4v) is 5.39. The summed E-state index contributed by atoms with van der Waals surface area (Å²) in [5, 5.41) is 0. The maximum absolute atomic E-state index is 12.3. The number of aryl methyl sites for hydroxylation is 1. The van der Waals surface area contributed by atoms with Crippen molar-refractivity contribution in [1.82, 2.24) is 0 Å². The lowest BCUT2D eigenvalue weighted by Crippen LogP contribution is -2.17. The van der Waals surface area contributed by atoms with Gasteiger partial charge in [-0.25, -0.2) is 8.42 Å². The Morgan fingerprint density at radius 2 is 1.30 bits per heavy atom. The minimum absolute atomic E-state index is 0.109. The molecule has 2 rings (SSSR count). The van der Waals surface area contributed by atoms with E-state index in [1.54, 1.807) is 12.1 Å². The van der Waals surface area contributed by atoms with E-state index in [0.29, 0.717) is 24.1 Å². The minimum atomic E-state index is -3.35. The van der Waals surface area contributed by atoms with Crippen LogP contribution in [0.3, 0.4) is 0 Å². The topological polar surface area (TPSA) is 63.2 Å². The summed E-state index contributed by atoms with van der Waals surface area (Å²) in [5.74, 6) is 0.258. The number of sulfonamides is 1. The molecular weight excluding hydrogens is 394 g/mol. The summed E-state index contributed by atoms with van der Waals surface area (Å²) in [6.07, 6.45) is 18.8. The van der Waals surface area contributed by atoms with Crippen molar-refractivity contribution in [3.63, 3.8) is 0 Å². The molecule has 4 nitrogen and oxygen atoms in total. The van der Waals surface area contributed by atoms with Gasteiger partial charge in [0.2, 0.25) is 10.0 Å². The van der Waals surface area contributed by atoms with Crippen molar-refractivity contribution >= 4 is 21.5 Å². The van der Waals surface area contributed by atoms with Gasteiger partial charge >= 0.3 is 0 Å². The van der Waals surface area contributed by atoms with Gasteiger partial charge in [-0.2, -0.15) is 0 Å². The third-order valence-electron chi connectivity index (χ3n) is 6.07. The zero-order valence-corrected chi connectivity index (χ0v) is 19.7. The monoisotopic (exact) mass is 435 g/mol. The van der Waals surface area contributed by atoms with Gasteiger partial charge in [-0.15, -0.1) is 0 Å². The maximum atomic E-state index is 12.3. The van der Waals surface area contributed by atoms with Gasteiger partial charge in [0.25, 0.3) is 0 Å². The van der Waals surface area contributed by atoms with Gasteiger partial charge in [0.1, 0.15) is 0 Å². The highest BCUT2D eigenvalue weighted by molar-refractivity contribution is 7.92. The van der Waals surface area contributed by atoms with Crippen molar-refractivity contribution in [3.05, 3.63) is 29.3 Å². The van der Waals surface area contributed by atoms with Crippen LogP contribution in [0.2, 0.25) is 0 Å². The number of hydrogen-bond acceptors (Lipinski definition) is 3. The SMILES string of the molecule is CCCCCCCCCCCCCCCCS(=O)(=O)Nc1ccc2c(c1)C(=O)CC2. The Kier molecular flexibility index (Phi) is 11.5. The summed E-state index contributed by atoms with van der Waals surface area (Å²) >= 11 is 0. The van der Waals surface area contributed by atoms with E-state index in [9.17, 15) is 13.2 Å². The molecule has 0 amide bonds. The fourth-order valence-electron chi connectivity index (χ4n) is 4.22. The molecule has 0 heterocycles. The third kappa shape index (κ3) is 9.63. The van der Waals surface area contributed by atoms with Crippen LogP contribution in [-0.2, 0) is 16.4 Å². The molecular formula is C25H41NO3S. The highest BCUT2D eigenvalue weighted by atomic mass is 32.2. The highest BCUT2D eigenvalue weighted by Crippen LogP contribution is 2.25. The Hall–Kier alpha value is -1.36. The average Bonchev–Trinajstić information content (AvgIpc) is 3.08. The number of carbonyl (C=O) groups is 1. The van der Waals surface area contributed by atoms with Crippen LogP contribution in [0.25, 0.3) is 0 Å². The van der Waals surface area contributed by atoms with E-state index in [0.717, 1.165) is 24.8 Å². The van der Waals surface area contributed by atoms with Gasteiger partial charge in [-0.1, -0.05) is 96.5 Å². The van der Waals surface area contributed by atoms with E-state index in [1.165, 1.54) is 70.6 Å². The van der Waals surface area contributed by atoms with Gasteiger partial charge < -0.3 is 0 Å². The largest absolute Gasteiger partial charge is 0.294 e. The maximum Gasteiger partial charge on any atom is 0.232 e. The standard InChI is InChI=1S/C25H41NO3S/c1-2-3-4-5-6-7-8-9-10-11-12-13-14-15-20-30(28,29)26-23-18-16-22-17-19-25(27)24(22)21-23/h16,18,21,26H,2-15,17,19-20H2,1H3. The lowest BCUT2D eigenvalue weighted by molar-refractivity contribution is 0.0994. The normalized spacial score (nSPS) is 13.6. The highest BCUT2D eigenvalue weighted by Gasteiger charge is 2.20. The number of hydrogen-bond donors (Lipinski definition) is 1.